The van der Waals surface area contributed by atoms with Crippen LogP contribution in [0.3, 0.4) is 0 Å². The van der Waals surface area contributed by atoms with Gasteiger partial charge in [-0.25, -0.2) is 8.42 Å². The van der Waals surface area contributed by atoms with Gasteiger partial charge in [0.15, 0.2) is 0 Å². The number of nitrogens with zero attached hydrogens (tertiary/aromatic N) is 2. The molecule has 0 bridgehead atoms. The topological polar surface area (TPSA) is 96.0 Å². The van der Waals surface area contributed by atoms with Crippen molar-refractivity contribution in [3.8, 4) is 5.75 Å². The molecule has 0 saturated heterocycles. The van der Waals surface area contributed by atoms with Crippen molar-refractivity contribution < 1.29 is 22.7 Å². The zero-order valence-corrected chi connectivity index (χ0v) is 21.6. The molecule has 0 fully saturated rings. The largest absolute Gasteiger partial charge is 0.497 e. The van der Waals surface area contributed by atoms with Gasteiger partial charge in [0.05, 0.1) is 19.1 Å². The van der Waals surface area contributed by atoms with Gasteiger partial charge in [-0.15, -0.1) is 0 Å². The van der Waals surface area contributed by atoms with Crippen LogP contribution in [0.15, 0.2) is 48.5 Å². The predicted octanol–water partition coefficient (Wildman–Crippen LogP) is 2.96. The SMILES string of the molecule is COc1ccc(N(CC(=O)N(Cc2ccc(C)cc2)[C@@H](C)C(=O)NCC(C)C)S(C)(=O)=O)cc1. The Morgan fingerprint density at radius 3 is 2.09 bits per heavy atom. The van der Waals surface area contributed by atoms with Crippen molar-refractivity contribution in [3.05, 3.63) is 59.7 Å². The highest BCUT2D eigenvalue weighted by Gasteiger charge is 2.30. The van der Waals surface area contributed by atoms with Crippen LogP contribution >= 0.6 is 0 Å². The molecule has 0 aliphatic carbocycles. The van der Waals surface area contributed by atoms with Crippen LogP contribution < -0.4 is 14.4 Å². The summed E-state index contributed by atoms with van der Waals surface area (Å²) >= 11 is 0. The number of carbonyl (C=O) groups excluding carboxylic acids is 2. The summed E-state index contributed by atoms with van der Waals surface area (Å²) in [6.45, 7) is 7.82. The molecule has 0 heterocycles. The number of ether oxygens (including phenoxy) is 1. The summed E-state index contributed by atoms with van der Waals surface area (Å²) in [7, 11) is -2.25. The average Bonchev–Trinajstić information content (AvgIpc) is 2.79. The van der Waals surface area contributed by atoms with Crippen molar-refractivity contribution in [2.45, 2.75) is 40.3 Å². The maximum Gasteiger partial charge on any atom is 0.244 e. The number of benzene rings is 2. The fourth-order valence-corrected chi connectivity index (χ4v) is 4.14. The number of anilines is 1. The molecular weight excluding hydrogens is 454 g/mol. The molecule has 0 saturated carbocycles. The Balaban J connectivity index is 2.34. The highest BCUT2D eigenvalue weighted by Crippen LogP contribution is 2.22. The summed E-state index contributed by atoms with van der Waals surface area (Å²) in [5.74, 6) is 0.0618. The van der Waals surface area contributed by atoms with E-state index in [2.05, 4.69) is 5.32 Å². The molecule has 0 aromatic heterocycles. The standard InChI is InChI=1S/C25H35N3O5S/c1-18(2)15-26-25(30)20(4)27(16-21-9-7-19(3)8-10-21)24(29)17-28(34(6,31)32)22-11-13-23(33-5)14-12-22/h7-14,18,20H,15-17H2,1-6H3,(H,26,30)/t20-/m0/s1. The number of hydrogen-bond donors (Lipinski definition) is 1. The highest BCUT2D eigenvalue weighted by molar-refractivity contribution is 7.92. The van der Waals surface area contributed by atoms with Gasteiger partial charge in [0.2, 0.25) is 21.8 Å². The highest BCUT2D eigenvalue weighted by atomic mass is 32.2. The summed E-state index contributed by atoms with van der Waals surface area (Å²) < 4.78 is 31.3. The van der Waals surface area contributed by atoms with E-state index in [9.17, 15) is 18.0 Å². The lowest BCUT2D eigenvalue weighted by Crippen LogP contribution is -2.51. The first-order valence-electron chi connectivity index (χ1n) is 11.2. The van der Waals surface area contributed by atoms with E-state index < -0.39 is 28.5 Å². The van der Waals surface area contributed by atoms with Crippen LogP contribution in [0.1, 0.15) is 31.9 Å². The number of carbonyl (C=O) groups is 2. The summed E-state index contributed by atoms with van der Waals surface area (Å²) in [6, 6.07) is 13.3. The third kappa shape index (κ3) is 7.76. The molecule has 2 aromatic carbocycles. The molecule has 2 amide bonds. The molecule has 0 aliphatic heterocycles. The zero-order chi connectivity index (χ0) is 25.5. The normalized spacial score (nSPS) is 12.2. The zero-order valence-electron chi connectivity index (χ0n) is 20.7. The van der Waals surface area contributed by atoms with Gasteiger partial charge in [0, 0.05) is 13.1 Å². The lowest BCUT2D eigenvalue weighted by molar-refractivity contribution is -0.139. The third-order valence-electron chi connectivity index (χ3n) is 5.36. The first-order chi connectivity index (χ1) is 15.9. The van der Waals surface area contributed by atoms with Crippen LogP contribution in [0.4, 0.5) is 5.69 Å². The Morgan fingerprint density at radius 1 is 1.00 bits per heavy atom. The van der Waals surface area contributed by atoms with Crippen LogP contribution in [0.2, 0.25) is 0 Å². The molecule has 1 atom stereocenters. The minimum atomic E-state index is -3.77. The van der Waals surface area contributed by atoms with E-state index in [1.807, 2.05) is 45.0 Å². The number of methoxy groups -OCH3 is 1. The first-order valence-corrected chi connectivity index (χ1v) is 13.0. The summed E-state index contributed by atoms with van der Waals surface area (Å²) in [6.07, 6.45) is 1.05. The predicted molar refractivity (Wildman–Crippen MR) is 134 cm³/mol. The summed E-state index contributed by atoms with van der Waals surface area (Å²) in [4.78, 5) is 27.7. The molecule has 0 aliphatic rings. The van der Waals surface area contributed by atoms with E-state index >= 15 is 0 Å². The molecule has 2 aromatic rings. The van der Waals surface area contributed by atoms with Gasteiger partial charge in [-0.3, -0.25) is 13.9 Å². The monoisotopic (exact) mass is 489 g/mol. The second-order valence-electron chi connectivity index (χ2n) is 8.79. The van der Waals surface area contributed by atoms with Gasteiger partial charge < -0.3 is 15.0 Å². The fraction of sp³-hybridized carbons (Fsp3) is 0.440. The number of hydrogen-bond acceptors (Lipinski definition) is 5. The minimum Gasteiger partial charge on any atom is -0.497 e. The van der Waals surface area contributed by atoms with E-state index in [0.717, 1.165) is 21.7 Å². The fourth-order valence-electron chi connectivity index (χ4n) is 3.29. The molecule has 9 heteroatoms. The van der Waals surface area contributed by atoms with Crippen molar-refractivity contribution in [1.82, 2.24) is 10.2 Å². The number of sulfonamides is 1. The van der Waals surface area contributed by atoms with E-state index in [1.165, 1.54) is 12.0 Å². The van der Waals surface area contributed by atoms with E-state index in [-0.39, 0.29) is 18.4 Å². The Hall–Kier alpha value is -3.07. The summed E-state index contributed by atoms with van der Waals surface area (Å²) in [5.41, 5.74) is 2.26. The smallest absolute Gasteiger partial charge is 0.244 e. The molecule has 8 nitrogen and oxygen atoms in total. The van der Waals surface area contributed by atoms with Gasteiger partial charge in [-0.2, -0.15) is 0 Å². The Morgan fingerprint density at radius 2 is 1.59 bits per heavy atom. The lowest BCUT2D eigenvalue weighted by atomic mass is 10.1. The number of rotatable bonds is 11. The average molecular weight is 490 g/mol. The Kier molecular flexibility index (Phi) is 9.49. The second kappa shape index (κ2) is 11.9. The van der Waals surface area contributed by atoms with Crippen LogP contribution in [0.25, 0.3) is 0 Å². The second-order valence-corrected chi connectivity index (χ2v) is 10.7. The third-order valence-corrected chi connectivity index (χ3v) is 6.51. The number of aryl methyl sites for hydroxylation is 1. The molecule has 34 heavy (non-hydrogen) atoms. The van der Waals surface area contributed by atoms with Crippen molar-refractivity contribution in [2.75, 3.05) is 30.8 Å². The molecule has 0 unspecified atom stereocenters. The number of nitrogens with one attached hydrogen (secondary N) is 1. The van der Waals surface area contributed by atoms with Crippen LogP contribution in [-0.2, 0) is 26.2 Å². The maximum absolute atomic E-state index is 13.5. The molecular formula is C25H35N3O5S. The van der Waals surface area contributed by atoms with Crippen molar-refractivity contribution in [2.24, 2.45) is 5.92 Å². The van der Waals surface area contributed by atoms with E-state index in [1.54, 1.807) is 31.2 Å². The lowest BCUT2D eigenvalue weighted by Gasteiger charge is -2.31. The van der Waals surface area contributed by atoms with Crippen molar-refractivity contribution in [3.63, 3.8) is 0 Å². The molecule has 186 valence electrons. The first kappa shape index (κ1) is 27.2. The summed E-state index contributed by atoms with van der Waals surface area (Å²) in [5, 5.41) is 2.86. The van der Waals surface area contributed by atoms with Gasteiger partial charge in [0.1, 0.15) is 18.3 Å². The van der Waals surface area contributed by atoms with Crippen LogP contribution in [0.5, 0.6) is 5.75 Å². The van der Waals surface area contributed by atoms with Crippen molar-refractivity contribution in [1.29, 1.82) is 0 Å². The maximum atomic E-state index is 13.5. The van der Waals surface area contributed by atoms with Gasteiger partial charge >= 0.3 is 0 Å². The molecule has 0 spiro atoms. The van der Waals surface area contributed by atoms with E-state index in [0.29, 0.717) is 18.0 Å². The minimum absolute atomic E-state index is 0.176. The molecule has 0 radical (unpaired) electrons. The van der Waals surface area contributed by atoms with E-state index in [4.69, 9.17) is 4.74 Å². The van der Waals surface area contributed by atoms with Crippen LogP contribution in [-0.4, -0.2) is 57.6 Å². The van der Waals surface area contributed by atoms with Gasteiger partial charge in [-0.05, 0) is 49.6 Å². The van der Waals surface area contributed by atoms with Crippen LogP contribution in [0, 0.1) is 12.8 Å². The van der Waals surface area contributed by atoms with Gasteiger partial charge in [-0.1, -0.05) is 43.7 Å². The molecule has 2 rings (SSSR count). The quantitative estimate of drug-likeness (QED) is 0.524. The Labute approximate surface area is 202 Å². The molecule has 1 N–H and O–H groups in total. The number of amides is 2. The Bertz CT molecular complexity index is 1070. The van der Waals surface area contributed by atoms with Gasteiger partial charge in [0.25, 0.3) is 0 Å². The van der Waals surface area contributed by atoms with Crippen molar-refractivity contribution >= 4 is 27.5 Å².